The molecule has 0 fully saturated rings. The van der Waals surface area contributed by atoms with Gasteiger partial charge in [0.05, 0.1) is 21.3 Å². The van der Waals surface area contributed by atoms with Crippen molar-refractivity contribution in [1.29, 1.82) is 0 Å². The van der Waals surface area contributed by atoms with Crippen LogP contribution in [0.3, 0.4) is 0 Å². The van der Waals surface area contributed by atoms with Crippen molar-refractivity contribution in [2.24, 2.45) is 5.73 Å². The number of anilines is 1. The lowest BCUT2D eigenvalue weighted by atomic mass is 10.2. The van der Waals surface area contributed by atoms with E-state index in [1.165, 1.54) is 0 Å². The zero-order chi connectivity index (χ0) is 13.7. The number of hydrogen-bond donors (Lipinski definition) is 1. The van der Waals surface area contributed by atoms with Gasteiger partial charge in [-0.05, 0) is 6.92 Å². The fourth-order valence-corrected chi connectivity index (χ4v) is 1.89. The highest BCUT2D eigenvalue weighted by molar-refractivity contribution is 5.70. The Morgan fingerprint density at radius 2 is 1.61 bits per heavy atom. The summed E-state index contributed by atoms with van der Waals surface area (Å²) in [6, 6.07) is 3.72. The number of ether oxygens (including phenoxy) is 3. The average Bonchev–Trinajstić information content (AvgIpc) is 2.35. The van der Waals surface area contributed by atoms with Gasteiger partial charge in [0.1, 0.15) is 22.9 Å². The van der Waals surface area contributed by atoms with Crippen LogP contribution < -0.4 is 24.8 Å². The van der Waals surface area contributed by atoms with Crippen molar-refractivity contribution in [2.75, 3.05) is 39.8 Å². The van der Waals surface area contributed by atoms with Gasteiger partial charge < -0.3 is 24.8 Å². The Bertz CT molecular complexity index is 369. The van der Waals surface area contributed by atoms with Crippen LogP contribution in [0.25, 0.3) is 0 Å². The number of benzene rings is 1. The maximum absolute atomic E-state index is 5.82. The molecule has 18 heavy (non-hydrogen) atoms. The maximum atomic E-state index is 5.82. The molecule has 0 spiro atoms. The van der Waals surface area contributed by atoms with E-state index in [0.29, 0.717) is 23.8 Å². The van der Waals surface area contributed by atoms with E-state index in [4.69, 9.17) is 19.9 Å². The quantitative estimate of drug-likeness (QED) is 0.833. The summed E-state index contributed by atoms with van der Waals surface area (Å²) in [6.45, 7) is 2.66. The third kappa shape index (κ3) is 3.20. The van der Waals surface area contributed by atoms with Crippen molar-refractivity contribution < 1.29 is 14.2 Å². The molecule has 1 unspecified atom stereocenters. The molecule has 2 N–H and O–H groups in total. The van der Waals surface area contributed by atoms with Crippen LogP contribution in [0.15, 0.2) is 12.1 Å². The minimum Gasteiger partial charge on any atom is -0.496 e. The Balaban J connectivity index is 3.21. The fourth-order valence-electron chi connectivity index (χ4n) is 1.89. The van der Waals surface area contributed by atoms with Gasteiger partial charge in [0.25, 0.3) is 0 Å². The summed E-state index contributed by atoms with van der Waals surface area (Å²) in [5.74, 6) is 2.10. The Morgan fingerprint density at radius 3 is 1.94 bits per heavy atom. The van der Waals surface area contributed by atoms with E-state index >= 15 is 0 Å². The highest BCUT2D eigenvalue weighted by Crippen LogP contribution is 2.40. The Labute approximate surface area is 108 Å². The first-order valence-electron chi connectivity index (χ1n) is 5.80. The first kappa shape index (κ1) is 14.4. The second kappa shape index (κ2) is 6.35. The smallest absolute Gasteiger partial charge is 0.149 e. The molecule has 0 aliphatic heterocycles. The maximum Gasteiger partial charge on any atom is 0.149 e. The summed E-state index contributed by atoms with van der Waals surface area (Å²) >= 11 is 0. The summed E-state index contributed by atoms with van der Waals surface area (Å²) in [4.78, 5) is 2.02. The molecule has 0 saturated carbocycles. The van der Waals surface area contributed by atoms with Crippen LogP contribution in [0.5, 0.6) is 17.2 Å². The number of nitrogens with two attached hydrogens (primary N) is 1. The third-order valence-corrected chi connectivity index (χ3v) is 2.63. The first-order chi connectivity index (χ1) is 8.53. The molecular weight excluding hydrogens is 232 g/mol. The lowest BCUT2D eigenvalue weighted by Gasteiger charge is -2.25. The van der Waals surface area contributed by atoms with E-state index in [1.807, 2.05) is 31.0 Å². The zero-order valence-electron chi connectivity index (χ0n) is 11.7. The standard InChI is InChI=1S/C13H22N2O3/c1-9(14)8-15(2)13-11(17-4)6-10(16-3)7-12(13)18-5/h6-7,9H,8,14H2,1-5H3. The lowest BCUT2D eigenvalue weighted by Crippen LogP contribution is -2.33. The Morgan fingerprint density at radius 1 is 1.11 bits per heavy atom. The number of nitrogens with zero attached hydrogens (tertiary/aromatic N) is 1. The van der Waals surface area contributed by atoms with Gasteiger partial charge in [0.15, 0.2) is 0 Å². The van der Waals surface area contributed by atoms with Crippen molar-refractivity contribution >= 4 is 5.69 Å². The van der Waals surface area contributed by atoms with Gasteiger partial charge in [-0.15, -0.1) is 0 Å². The molecule has 0 saturated heterocycles. The van der Waals surface area contributed by atoms with E-state index in [1.54, 1.807) is 21.3 Å². The molecular formula is C13H22N2O3. The minimum absolute atomic E-state index is 0.0616. The Hall–Kier alpha value is -1.62. The molecule has 0 radical (unpaired) electrons. The molecule has 5 nitrogen and oxygen atoms in total. The van der Waals surface area contributed by atoms with Crippen LogP contribution >= 0.6 is 0 Å². The number of rotatable bonds is 6. The predicted octanol–water partition coefficient (Wildman–Crippen LogP) is 1.50. The van der Waals surface area contributed by atoms with Gasteiger partial charge in [0, 0.05) is 31.8 Å². The molecule has 0 aromatic heterocycles. The molecule has 1 rings (SSSR count). The molecule has 0 amide bonds. The van der Waals surface area contributed by atoms with E-state index < -0.39 is 0 Å². The molecule has 0 heterocycles. The molecule has 0 aliphatic rings. The molecule has 102 valence electrons. The number of hydrogen-bond acceptors (Lipinski definition) is 5. The van der Waals surface area contributed by atoms with Crippen LogP contribution in [-0.4, -0.2) is 41.0 Å². The summed E-state index contributed by atoms with van der Waals surface area (Å²) in [5.41, 5.74) is 6.70. The lowest BCUT2D eigenvalue weighted by molar-refractivity contribution is 0.375. The van der Waals surface area contributed by atoms with Crippen LogP contribution in [0.1, 0.15) is 6.92 Å². The SMILES string of the molecule is COc1cc(OC)c(N(C)CC(C)N)c(OC)c1. The van der Waals surface area contributed by atoms with Gasteiger partial charge in [-0.3, -0.25) is 0 Å². The first-order valence-corrected chi connectivity index (χ1v) is 5.80. The van der Waals surface area contributed by atoms with Crippen molar-refractivity contribution in [2.45, 2.75) is 13.0 Å². The van der Waals surface area contributed by atoms with E-state index in [-0.39, 0.29) is 6.04 Å². The summed E-state index contributed by atoms with van der Waals surface area (Å²) in [5, 5.41) is 0. The molecule has 1 atom stereocenters. The van der Waals surface area contributed by atoms with E-state index in [0.717, 1.165) is 5.69 Å². The summed E-state index contributed by atoms with van der Waals surface area (Å²) < 4.78 is 16.0. The number of likely N-dealkylation sites (N-methyl/N-ethyl adjacent to an activating group) is 1. The van der Waals surface area contributed by atoms with Gasteiger partial charge in [-0.2, -0.15) is 0 Å². The second-order valence-electron chi connectivity index (χ2n) is 4.24. The number of methoxy groups -OCH3 is 3. The highest BCUT2D eigenvalue weighted by atomic mass is 16.5. The topological polar surface area (TPSA) is 57.0 Å². The third-order valence-electron chi connectivity index (χ3n) is 2.63. The normalized spacial score (nSPS) is 11.9. The zero-order valence-corrected chi connectivity index (χ0v) is 11.7. The van der Waals surface area contributed by atoms with Crippen molar-refractivity contribution in [3.05, 3.63) is 12.1 Å². The summed E-state index contributed by atoms with van der Waals surface area (Å²) in [6.07, 6.45) is 0. The molecule has 0 bridgehead atoms. The van der Waals surface area contributed by atoms with E-state index in [9.17, 15) is 0 Å². The summed E-state index contributed by atoms with van der Waals surface area (Å²) in [7, 11) is 6.81. The van der Waals surface area contributed by atoms with Crippen molar-refractivity contribution in [1.82, 2.24) is 0 Å². The Kier molecular flexibility index (Phi) is 5.09. The van der Waals surface area contributed by atoms with Gasteiger partial charge in [-0.25, -0.2) is 0 Å². The minimum atomic E-state index is 0.0616. The van der Waals surface area contributed by atoms with Gasteiger partial charge >= 0.3 is 0 Å². The van der Waals surface area contributed by atoms with Gasteiger partial charge in [0.2, 0.25) is 0 Å². The molecule has 0 aliphatic carbocycles. The van der Waals surface area contributed by atoms with Crippen LogP contribution in [0.2, 0.25) is 0 Å². The van der Waals surface area contributed by atoms with Crippen LogP contribution in [-0.2, 0) is 0 Å². The van der Waals surface area contributed by atoms with Crippen LogP contribution in [0, 0.1) is 0 Å². The fraction of sp³-hybridized carbons (Fsp3) is 0.538. The van der Waals surface area contributed by atoms with Gasteiger partial charge in [-0.1, -0.05) is 0 Å². The average molecular weight is 254 g/mol. The molecule has 1 aromatic carbocycles. The van der Waals surface area contributed by atoms with Crippen molar-refractivity contribution in [3.8, 4) is 17.2 Å². The van der Waals surface area contributed by atoms with E-state index in [2.05, 4.69) is 0 Å². The predicted molar refractivity (Wildman–Crippen MR) is 73.0 cm³/mol. The molecule has 5 heteroatoms. The largest absolute Gasteiger partial charge is 0.496 e. The van der Waals surface area contributed by atoms with Crippen LogP contribution in [0.4, 0.5) is 5.69 Å². The highest BCUT2D eigenvalue weighted by Gasteiger charge is 2.17. The second-order valence-corrected chi connectivity index (χ2v) is 4.24. The van der Waals surface area contributed by atoms with Crippen molar-refractivity contribution in [3.63, 3.8) is 0 Å². The monoisotopic (exact) mass is 254 g/mol. The molecule has 1 aromatic rings.